The Hall–Kier alpha value is -5.85. The Morgan fingerprint density at radius 1 is 0.957 bits per heavy atom. The molecule has 1 amide bonds. The molecule has 6 aromatic rings. The van der Waals surface area contributed by atoms with E-state index in [9.17, 15) is 23.1 Å². The number of rotatable bonds is 13. The molecule has 1 unspecified atom stereocenters. The number of piperidine rings is 1. The first kappa shape index (κ1) is 46.9. The molecular formula is C51H57ClFN9O6S. The van der Waals surface area contributed by atoms with Crippen molar-refractivity contribution in [2.45, 2.75) is 69.0 Å². The standard InChI is InChI=1S/C51H57ClFN9O6S/c1-50(2)14-11-35(42(28-50)33-3-5-36(52)6-4-33)30-59-20-22-61(23-21-59)37-7-9-40(45(26-37)62-46-25-34-12-17-54-47(34)57-44(46)29-56-62)48(63)58-69(66,67)39-8-10-43(41(27-39)49(64)65)55-32-51(53)15-18-60(19-16-51)38-13-24-68-31-38/h3-10,12,17,25-27,29,38,55H,11,13-16,18-24,28,30-32H2,1-2H3,(H,54,57)(H,58,63)(H,64,65). The lowest BCUT2D eigenvalue weighted by Gasteiger charge is -2.39. The number of ether oxygens (including phenoxy) is 1. The number of benzene rings is 3. The van der Waals surface area contributed by atoms with Crippen LogP contribution in [0.2, 0.25) is 5.02 Å². The van der Waals surface area contributed by atoms with Crippen LogP contribution in [0.1, 0.15) is 78.7 Å². The third kappa shape index (κ3) is 9.97. The fourth-order valence-corrected chi connectivity index (χ4v) is 11.5. The first-order valence-electron chi connectivity index (χ1n) is 23.7. The van der Waals surface area contributed by atoms with Crippen LogP contribution < -0.4 is 14.9 Å². The number of carboxylic acids is 1. The maximum Gasteiger partial charge on any atom is 0.337 e. The molecule has 10 rings (SSSR count). The van der Waals surface area contributed by atoms with Crippen LogP contribution in [-0.2, 0) is 14.8 Å². The van der Waals surface area contributed by atoms with Crippen molar-refractivity contribution in [3.8, 4) is 5.69 Å². The van der Waals surface area contributed by atoms with E-state index in [1.54, 1.807) is 23.1 Å². The number of pyridine rings is 1. The lowest BCUT2D eigenvalue weighted by atomic mass is 9.72. The smallest absolute Gasteiger partial charge is 0.337 e. The van der Waals surface area contributed by atoms with E-state index in [1.807, 2.05) is 36.4 Å². The van der Waals surface area contributed by atoms with Crippen molar-refractivity contribution in [3.63, 3.8) is 0 Å². The fourth-order valence-electron chi connectivity index (χ4n) is 10.4. The van der Waals surface area contributed by atoms with Gasteiger partial charge in [0.05, 0.1) is 40.0 Å². The van der Waals surface area contributed by atoms with E-state index in [0.717, 1.165) is 80.6 Å². The summed E-state index contributed by atoms with van der Waals surface area (Å²) in [5.74, 6) is -2.34. The Labute approximate surface area is 405 Å². The van der Waals surface area contributed by atoms with Gasteiger partial charge in [0.2, 0.25) is 0 Å². The summed E-state index contributed by atoms with van der Waals surface area (Å²) in [6.45, 7) is 10.9. The quantitative estimate of drug-likeness (QED) is 0.0875. The SMILES string of the molecule is CC1(C)CCC(CN2CCN(c3ccc(C(=O)NS(=O)(=O)c4ccc(NCC5(F)CCN(C6CCOC6)CC5)c(C(=O)O)c4)c(-n4ncc5nc6[nH]ccc6cc54)c3)CC2)=C(c2ccc(Cl)cc2)C1. The summed E-state index contributed by atoms with van der Waals surface area (Å²) in [5.41, 5.74) is 5.49. The van der Waals surface area contributed by atoms with Crippen LogP contribution in [0.4, 0.5) is 15.8 Å². The van der Waals surface area contributed by atoms with Crippen LogP contribution in [0, 0.1) is 5.41 Å². The van der Waals surface area contributed by atoms with Crippen LogP contribution in [0.5, 0.6) is 0 Å². The molecule has 3 aliphatic heterocycles. The molecule has 4 N–H and O–H groups in total. The highest BCUT2D eigenvalue weighted by atomic mass is 35.5. The average molecular weight is 979 g/mol. The Morgan fingerprint density at radius 2 is 1.74 bits per heavy atom. The van der Waals surface area contributed by atoms with Crippen molar-refractivity contribution >= 4 is 72.5 Å². The number of carbonyl (C=O) groups is 2. The number of carbonyl (C=O) groups excluding carboxylic acids is 1. The van der Waals surface area contributed by atoms with Gasteiger partial charge in [-0.25, -0.2) is 32.0 Å². The third-order valence-electron chi connectivity index (χ3n) is 14.5. The van der Waals surface area contributed by atoms with Gasteiger partial charge in [0, 0.05) is 93.0 Å². The third-order valence-corrected chi connectivity index (χ3v) is 16.1. The van der Waals surface area contributed by atoms with E-state index in [4.69, 9.17) is 21.3 Å². The van der Waals surface area contributed by atoms with Gasteiger partial charge in [0.25, 0.3) is 15.9 Å². The van der Waals surface area contributed by atoms with Crippen LogP contribution >= 0.6 is 11.6 Å². The number of anilines is 2. The molecule has 3 aromatic carbocycles. The maximum atomic E-state index is 16.0. The van der Waals surface area contributed by atoms with Gasteiger partial charge < -0.3 is 25.0 Å². The fraction of sp³-hybridized carbons (Fsp3) is 0.412. The molecule has 15 nitrogen and oxygen atoms in total. The molecule has 1 aliphatic carbocycles. The van der Waals surface area contributed by atoms with Gasteiger partial charge in [-0.3, -0.25) is 14.6 Å². The number of nitrogens with one attached hydrogen (secondary N) is 3. The minimum absolute atomic E-state index is 0.0264. The maximum absolute atomic E-state index is 16.0. The number of halogens is 2. The first-order chi connectivity index (χ1) is 33.1. The summed E-state index contributed by atoms with van der Waals surface area (Å²) in [5, 5.41) is 19.3. The number of alkyl halides is 1. The van der Waals surface area contributed by atoms with Crippen LogP contribution in [-0.4, -0.2) is 132 Å². The Morgan fingerprint density at radius 3 is 2.48 bits per heavy atom. The number of likely N-dealkylation sites (tertiary alicyclic amines) is 1. The minimum atomic E-state index is -4.62. The summed E-state index contributed by atoms with van der Waals surface area (Å²) in [6.07, 6.45) is 8.01. The van der Waals surface area contributed by atoms with Gasteiger partial charge in [-0.15, -0.1) is 0 Å². The van der Waals surface area contributed by atoms with E-state index in [0.29, 0.717) is 48.7 Å². The molecule has 3 aromatic heterocycles. The second-order valence-corrected chi connectivity index (χ2v) is 21.9. The second-order valence-electron chi connectivity index (χ2n) is 19.8. The average Bonchev–Trinajstić information content (AvgIpc) is 4.13. The molecule has 0 spiro atoms. The highest BCUT2D eigenvalue weighted by Crippen LogP contribution is 2.43. The molecule has 0 radical (unpaired) electrons. The van der Waals surface area contributed by atoms with Crippen molar-refractivity contribution in [1.29, 1.82) is 0 Å². The van der Waals surface area contributed by atoms with Crippen LogP contribution in [0.15, 0.2) is 95.7 Å². The lowest BCUT2D eigenvalue weighted by Crippen LogP contribution is -2.49. The van der Waals surface area contributed by atoms with Gasteiger partial charge in [0.15, 0.2) is 0 Å². The number of nitrogens with zero attached hydrogens (tertiary/aromatic N) is 6. The number of allylic oxidation sites excluding steroid dienone is 1. The van der Waals surface area contributed by atoms with Crippen molar-refractivity contribution in [3.05, 3.63) is 112 Å². The van der Waals surface area contributed by atoms with E-state index in [-0.39, 0.29) is 47.7 Å². The number of fused-ring (bicyclic) bond motifs is 2. The highest BCUT2D eigenvalue weighted by Gasteiger charge is 2.38. The number of piperazine rings is 1. The summed E-state index contributed by atoms with van der Waals surface area (Å²) >= 11 is 6.27. The molecule has 0 bridgehead atoms. The van der Waals surface area contributed by atoms with Gasteiger partial charge in [-0.2, -0.15) is 5.10 Å². The number of sulfonamides is 1. The Balaban J connectivity index is 0.879. The zero-order valence-corrected chi connectivity index (χ0v) is 40.4. The van der Waals surface area contributed by atoms with E-state index in [1.165, 1.54) is 28.8 Å². The number of carboxylic acid groups (broad SMARTS) is 1. The number of hydrogen-bond donors (Lipinski definition) is 4. The normalized spacial score (nSPS) is 20.2. The predicted octanol–water partition coefficient (Wildman–Crippen LogP) is 8.16. The molecule has 3 fully saturated rings. The van der Waals surface area contributed by atoms with Crippen molar-refractivity contribution < 1.29 is 32.2 Å². The van der Waals surface area contributed by atoms with Crippen LogP contribution in [0.3, 0.4) is 0 Å². The van der Waals surface area contributed by atoms with Gasteiger partial charge in [-0.05, 0) is 116 Å². The zero-order valence-electron chi connectivity index (χ0n) is 38.8. The minimum Gasteiger partial charge on any atom is -0.478 e. The molecule has 18 heteroatoms. The molecule has 0 saturated carbocycles. The zero-order chi connectivity index (χ0) is 48.1. The van der Waals surface area contributed by atoms with E-state index < -0.39 is 32.5 Å². The monoisotopic (exact) mass is 977 g/mol. The number of amides is 1. The Bertz CT molecular complexity index is 3060. The van der Waals surface area contributed by atoms with Crippen molar-refractivity contribution in [2.75, 3.05) is 75.8 Å². The van der Waals surface area contributed by atoms with E-state index in [2.05, 4.69) is 60.8 Å². The highest BCUT2D eigenvalue weighted by molar-refractivity contribution is 7.90. The van der Waals surface area contributed by atoms with Crippen molar-refractivity contribution in [1.82, 2.24) is 34.3 Å². The van der Waals surface area contributed by atoms with Gasteiger partial charge in [0.1, 0.15) is 16.8 Å². The summed E-state index contributed by atoms with van der Waals surface area (Å²) in [7, 11) is -4.62. The Kier molecular flexibility index (Phi) is 12.8. The molecular weight excluding hydrogens is 921 g/mol. The molecule has 4 aliphatic rings. The van der Waals surface area contributed by atoms with Gasteiger partial charge >= 0.3 is 5.97 Å². The topological polar surface area (TPSA) is 178 Å². The summed E-state index contributed by atoms with van der Waals surface area (Å²) < 4.78 is 53.2. The van der Waals surface area contributed by atoms with Crippen molar-refractivity contribution in [2.24, 2.45) is 5.41 Å². The first-order valence-corrected chi connectivity index (χ1v) is 25.6. The number of hydrogen-bond acceptors (Lipinski definition) is 11. The summed E-state index contributed by atoms with van der Waals surface area (Å²) in [6, 6.07) is 21.0. The molecule has 3 saturated heterocycles. The molecule has 69 heavy (non-hydrogen) atoms. The number of aromatic carboxylic acids is 1. The number of aromatic amines is 1. The lowest BCUT2D eigenvalue weighted by molar-refractivity contribution is 0.0429. The molecule has 1 atom stereocenters. The second kappa shape index (κ2) is 18.8. The van der Waals surface area contributed by atoms with Gasteiger partial charge in [-0.1, -0.05) is 43.2 Å². The molecule has 6 heterocycles. The van der Waals surface area contributed by atoms with E-state index >= 15 is 4.39 Å². The molecule has 362 valence electrons. The number of H-pyrrole nitrogens is 1. The number of aromatic nitrogens is 4. The largest absolute Gasteiger partial charge is 0.478 e. The summed E-state index contributed by atoms with van der Waals surface area (Å²) in [4.78, 5) is 41.2. The predicted molar refractivity (Wildman–Crippen MR) is 266 cm³/mol. The van der Waals surface area contributed by atoms with Crippen LogP contribution in [0.25, 0.3) is 33.3 Å².